The molecule has 4 nitrogen and oxygen atoms in total. The third kappa shape index (κ3) is 3.31. The molecule has 1 aliphatic rings. The van der Waals surface area contributed by atoms with Gasteiger partial charge in [-0.1, -0.05) is 0 Å². The van der Waals surface area contributed by atoms with Crippen molar-refractivity contribution in [2.24, 2.45) is 0 Å². The summed E-state index contributed by atoms with van der Waals surface area (Å²) in [4.78, 5) is 14.1. The van der Waals surface area contributed by atoms with E-state index in [1.165, 1.54) is 0 Å². The number of methoxy groups -OCH3 is 1. The van der Waals surface area contributed by atoms with Gasteiger partial charge in [-0.25, -0.2) is 0 Å². The quantitative estimate of drug-likeness (QED) is 0.818. The molecular weight excluding hydrogens is 230 g/mol. The maximum atomic E-state index is 12.1. The fraction of sp³-hybridized carbons (Fsp3) is 0.500. The average molecular weight is 249 g/mol. The molecule has 1 unspecified atom stereocenters. The second-order valence-electron chi connectivity index (χ2n) is 4.68. The Morgan fingerprint density at radius 3 is 2.78 bits per heavy atom. The van der Waals surface area contributed by atoms with Crippen molar-refractivity contribution in [3.63, 3.8) is 0 Å². The standard InChI is InChI=1S/C14H19NO3/c1-18-13-6-4-11(5-7-13)14(17)10-15-8-2-3-12(16)9-15/h4-7,12,16H,2-3,8-10H2,1H3. The number of Topliss-reactive ketones (excluding diaryl/α,β-unsaturated/α-hetero) is 1. The number of rotatable bonds is 4. The maximum Gasteiger partial charge on any atom is 0.176 e. The van der Waals surface area contributed by atoms with Crippen molar-refractivity contribution < 1.29 is 14.6 Å². The zero-order valence-corrected chi connectivity index (χ0v) is 10.6. The Morgan fingerprint density at radius 1 is 1.44 bits per heavy atom. The molecule has 1 atom stereocenters. The predicted molar refractivity (Wildman–Crippen MR) is 69.0 cm³/mol. The van der Waals surface area contributed by atoms with E-state index in [9.17, 15) is 9.90 Å². The number of β-amino-alcohol motifs (C(OH)–C–C–N with tert-alkyl or cyclic N) is 1. The Bertz CT molecular complexity index is 402. The monoisotopic (exact) mass is 249 g/mol. The third-order valence-corrected chi connectivity index (χ3v) is 3.26. The molecule has 0 amide bonds. The van der Waals surface area contributed by atoms with Crippen molar-refractivity contribution >= 4 is 5.78 Å². The minimum absolute atomic E-state index is 0.0896. The molecule has 1 aliphatic heterocycles. The van der Waals surface area contributed by atoms with E-state index in [-0.39, 0.29) is 11.9 Å². The van der Waals surface area contributed by atoms with Crippen LogP contribution in [-0.2, 0) is 0 Å². The highest BCUT2D eigenvalue weighted by Crippen LogP contribution is 2.14. The molecule has 0 aliphatic carbocycles. The van der Waals surface area contributed by atoms with E-state index in [1.54, 1.807) is 31.4 Å². The zero-order valence-electron chi connectivity index (χ0n) is 10.6. The Labute approximate surface area is 107 Å². The van der Waals surface area contributed by atoms with E-state index in [4.69, 9.17) is 4.74 Å². The smallest absolute Gasteiger partial charge is 0.176 e. The average Bonchev–Trinajstić information content (AvgIpc) is 2.39. The lowest BCUT2D eigenvalue weighted by Gasteiger charge is -2.29. The molecule has 98 valence electrons. The summed E-state index contributed by atoms with van der Waals surface area (Å²) in [6.45, 7) is 1.87. The molecule has 1 N–H and O–H groups in total. The highest BCUT2D eigenvalue weighted by Gasteiger charge is 2.20. The number of likely N-dealkylation sites (tertiary alicyclic amines) is 1. The SMILES string of the molecule is COc1ccc(C(=O)CN2CCCC(O)C2)cc1. The number of piperidine rings is 1. The van der Waals surface area contributed by atoms with Crippen LogP contribution in [0.2, 0.25) is 0 Å². The summed E-state index contributed by atoms with van der Waals surface area (Å²) < 4.78 is 5.06. The van der Waals surface area contributed by atoms with Gasteiger partial charge in [0.1, 0.15) is 5.75 Å². The predicted octanol–water partition coefficient (Wildman–Crippen LogP) is 1.33. The fourth-order valence-electron chi connectivity index (χ4n) is 2.25. The second-order valence-corrected chi connectivity index (χ2v) is 4.68. The molecule has 2 rings (SSSR count). The maximum absolute atomic E-state index is 12.1. The first-order chi connectivity index (χ1) is 8.69. The van der Waals surface area contributed by atoms with Crippen molar-refractivity contribution in [3.05, 3.63) is 29.8 Å². The van der Waals surface area contributed by atoms with Gasteiger partial charge in [0.2, 0.25) is 0 Å². The molecule has 0 aromatic heterocycles. The first-order valence-corrected chi connectivity index (χ1v) is 6.26. The largest absolute Gasteiger partial charge is 0.497 e. The summed E-state index contributed by atoms with van der Waals surface area (Å²) in [5, 5.41) is 9.56. The number of carbonyl (C=O) groups is 1. The lowest BCUT2D eigenvalue weighted by molar-refractivity contribution is 0.0634. The van der Waals surface area contributed by atoms with Crippen LogP contribution in [0.3, 0.4) is 0 Å². The Kier molecular flexibility index (Phi) is 4.33. The summed E-state index contributed by atoms with van der Waals surface area (Å²) in [7, 11) is 1.60. The Hall–Kier alpha value is -1.39. The number of hydrogen-bond donors (Lipinski definition) is 1. The van der Waals surface area contributed by atoms with Gasteiger partial charge in [-0.2, -0.15) is 0 Å². The van der Waals surface area contributed by atoms with Gasteiger partial charge in [0.15, 0.2) is 5.78 Å². The molecule has 18 heavy (non-hydrogen) atoms. The molecule has 1 aromatic carbocycles. The van der Waals surface area contributed by atoms with Crippen LogP contribution in [0, 0.1) is 0 Å². The molecule has 4 heteroatoms. The van der Waals surface area contributed by atoms with E-state index < -0.39 is 0 Å². The highest BCUT2D eigenvalue weighted by molar-refractivity contribution is 5.97. The molecule has 1 heterocycles. The number of benzene rings is 1. The van der Waals surface area contributed by atoms with E-state index >= 15 is 0 Å². The molecule has 1 fully saturated rings. The summed E-state index contributed by atoms with van der Waals surface area (Å²) in [5.41, 5.74) is 0.691. The van der Waals surface area contributed by atoms with Crippen LogP contribution in [0.1, 0.15) is 23.2 Å². The van der Waals surface area contributed by atoms with Crippen molar-refractivity contribution in [1.29, 1.82) is 0 Å². The third-order valence-electron chi connectivity index (χ3n) is 3.26. The summed E-state index contributed by atoms with van der Waals surface area (Å²) >= 11 is 0. The van der Waals surface area contributed by atoms with Gasteiger partial charge >= 0.3 is 0 Å². The number of aliphatic hydroxyl groups is 1. The van der Waals surface area contributed by atoms with Gasteiger partial charge in [-0.3, -0.25) is 9.69 Å². The van der Waals surface area contributed by atoms with Crippen molar-refractivity contribution in [3.8, 4) is 5.75 Å². The van der Waals surface area contributed by atoms with Gasteiger partial charge in [0.25, 0.3) is 0 Å². The number of ether oxygens (including phenoxy) is 1. The van der Waals surface area contributed by atoms with Crippen LogP contribution < -0.4 is 4.74 Å². The van der Waals surface area contributed by atoms with Crippen LogP contribution in [0.5, 0.6) is 5.75 Å². The molecule has 0 saturated carbocycles. The minimum Gasteiger partial charge on any atom is -0.497 e. The summed E-state index contributed by atoms with van der Waals surface area (Å²) in [6, 6.07) is 7.14. The second kappa shape index (κ2) is 5.98. The van der Waals surface area contributed by atoms with Gasteiger partial charge < -0.3 is 9.84 Å². The van der Waals surface area contributed by atoms with Gasteiger partial charge in [-0.15, -0.1) is 0 Å². The fourth-order valence-corrected chi connectivity index (χ4v) is 2.25. The lowest BCUT2D eigenvalue weighted by Crippen LogP contribution is -2.41. The van der Waals surface area contributed by atoms with E-state index in [0.717, 1.165) is 25.1 Å². The number of ketones is 1. The summed E-state index contributed by atoms with van der Waals surface area (Å²) in [5.74, 6) is 0.840. The van der Waals surface area contributed by atoms with Crippen molar-refractivity contribution in [2.75, 3.05) is 26.7 Å². The van der Waals surface area contributed by atoms with Crippen LogP contribution in [0.25, 0.3) is 0 Å². The molecule has 1 aromatic rings. The highest BCUT2D eigenvalue weighted by atomic mass is 16.5. The van der Waals surface area contributed by atoms with E-state index in [0.29, 0.717) is 18.7 Å². The van der Waals surface area contributed by atoms with Gasteiger partial charge in [0.05, 0.1) is 19.8 Å². The molecule has 1 saturated heterocycles. The molecule has 0 radical (unpaired) electrons. The topological polar surface area (TPSA) is 49.8 Å². The van der Waals surface area contributed by atoms with Crippen molar-refractivity contribution in [1.82, 2.24) is 4.90 Å². The van der Waals surface area contributed by atoms with Gasteiger partial charge in [-0.05, 0) is 43.7 Å². The number of aliphatic hydroxyl groups excluding tert-OH is 1. The molecular formula is C14H19NO3. The number of hydrogen-bond acceptors (Lipinski definition) is 4. The number of nitrogens with zero attached hydrogens (tertiary/aromatic N) is 1. The normalized spacial score (nSPS) is 20.7. The Balaban J connectivity index is 1.94. The van der Waals surface area contributed by atoms with Crippen LogP contribution in [0.4, 0.5) is 0 Å². The minimum atomic E-state index is -0.289. The molecule has 0 spiro atoms. The first-order valence-electron chi connectivity index (χ1n) is 6.26. The van der Waals surface area contributed by atoms with E-state index in [2.05, 4.69) is 0 Å². The van der Waals surface area contributed by atoms with Gasteiger partial charge in [0, 0.05) is 12.1 Å². The molecule has 0 bridgehead atoms. The lowest BCUT2D eigenvalue weighted by atomic mass is 10.1. The van der Waals surface area contributed by atoms with E-state index in [1.807, 2.05) is 4.90 Å². The van der Waals surface area contributed by atoms with Crippen molar-refractivity contribution in [2.45, 2.75) is 18.9 Å². The summed E-state index contributed by atoms with van der Waals surface area (Å²) in [6.07, 6.45) is 1.51. The first kappa shape index (κ1) is 13.1. The van der Waals surface area contributed by atoms with Crippen LogP contribution in [-0.4, -0.2) is 48.6 Å². The van der Waals surface area contributed by atoms with Crippen LogP contribution in [0.15, 0.2) is 24.3 Å². The van der Waals surface area contributed by atoms with Crippen LogP contribution >= 0.6 is 0 Å². The zero-order chi connectivity index (χ0) is 13.0. The Morgan fingerprint density at radius 2 is 2.17 bits per heavy atom. The number of carbonyl (C=O) groups excluding carboxylic acids is 1.